The number of nitrogens with zero attached hydrogens (tertiary/aromatic N) is 8. The highest BCUT2D eigenvalue weighted by Crippen LogP contribution is 2.38. The molecule has 0 spiro atoms. The lowest BCUT2D eigenvalue weighted by molar-refractivity contribution is -0.136. The average Bonchev–Trinajstić information content (AvgIpc) is 3.69. The van der Waals surface area contributed by atoms with E-state index in [-0.39, 0.29) is 54.0 Å². The van der Waals surface area contributed by atoms with Crippen molar-refractivity contribution >= 4 is 46.2 Å². The molecule has 5 aliphatic rings. The first kappa shape index (κ1) is 37.0. The second-order valence-electron chi connectivity index (χ2n) is 16.0. The number of piperidine rings is 2. The number of carbonyl (C=O) groups excluding carboxylic acids is 4. The van der Waals surface area contributed by atoms with E-state index in [1.54, 1.807) is 4.68 Å². The number of amides is 4. The molecule has 4 amide bonds. The van der Waals surface area contributed by atoms with Crippen LogP contribution in [-0.4, -0.2) is 122 Å². The summed E-state index contributed by atoms with van der Waals surface area (Å²) in [6.07, 6.45) is 0.777. The highest BCUT2D eigenvalue weighted by atomic mass is 19.1. The molecular weight excluding hydrogens is 763 g/mol. The fraction of sp³-hybridized carbons (Fsp3) is 0.357. The van der Waals surface area contributed by atoms with E-state index in [4.69, 9.17) is 15.6 Å². The lowest BCUT2D eigenvalue weighted by atomic mass is 9.94. The van der Waals surface area contributed by atoms with E-state index in [1.807, 2.05) is 59.5 Å². The van der Waals surface area contributed by atoms with Crippen LogP contribution in [0.15, 0.2) is 73.1 Å². The average molecular weight is 803 g/mol. The Hall–Kier alpha value is -6.33. The molecule has 15 nitrogen and oxygen atoms in total. The quantitative estimate of drug-likeness (QED) is 0.207. The molecular formula is C42H40F2N10O5. The van der Waals surface area contributed by atoms with Crippen molar-refractivity contribution < 1.29 is 32.7 Å². The van der Waals surface area contributed by atoms with Gasteiger partial charge in [-0.25, -0.2) is 23.4 Å². The number of halogens is 2. The third kappa shape index (κ3) is 6.53. The summed E-state index contributed by atoms with van der Waals surface area (Å²) in [7, 11) is 0. The van der Waals surface area contributed by atoms with Gasteiger partial charge in [-0.05, 0) is 61.4 Å². The van der Waals surface area contributed by atoms with Crippen LogP contribution in [0.2, 0.25) is 0 Å². The number of imide groups is 2. The fourth-order valence-corrected chi connectivity index (χ4v) is 9.15. The highest BCUT2D eigenvalue weighted by Gasteiger charge is 2.46. The van der Waals surface area contributed by atoms with Crippen molar-refractivity contribution in [2.24, 2.45) is 5.92 Å². The van der Waals surface area contributed by atoms with Gasteiger partial charge in [0.15, 0.2) is 5.65 Å². The minimum atomic E-state index is -1.19. The van der Waals surface area contributed by atoms with E-state index in [0.29, 0.717) is 48.5 Å². The Bertz CT molecular complexity index is 2510. The van der Waals surface area contributed by atoms with Crippen LogP contribution in [0.5, 0.6) is 11.5 Å². The predicted molar refractivity (Wildman–Crippen MR) is 211 cm³/mol. The van der Waals surface area contributed by atoms with Crippen molar-refractivity contribution in [3.63, 3.8) is 0 Å². The smallest absolute Gasteiger partial charge is 0.262 e. The molecule has 0 aliphatic carbocycles. The molecule has 5 aliphatic heterocycles. The number of likely N-dealkylation sites (tertiary alicyclic amines) is 2. The first-order valence-corrected chi connectivity index (χ1v) is 19.8. The second-order valence-corrected chi connectivity index (χ2v) is 16.0. The van der Waals surface area contributed by atoms with Gasteiger partial charge in [0, 0.05) is 69.8 Å². The highest BCUT2D eigenvalue weighted by molar-refractivity contribution is 6.23. The maximum atomic E-state index is 16.2. The predicted octanol–water partition coefficient (Wildman–Crippen LogP) is 3.81. The summed E-state index contributed by atoms with van der Waals surface area (Å²) in [4.78, 5) is 66.3. The summed E-state index contributed by atoms with van der Waals surface area (Å²) in [5.74, 6) is -1.25. The summed E-state index contributed by atoms with van der Waals surface area (Å²) in [6, 6.07) is 18.1. The molecule has 3 aromatic carbocycles. The Balaban J connectivity index is 0.738. The van der Waals surface area contributed by atoms with Gasteiger partial charge in [0.25, 0.3) is 11.8 Å². The van der Waals surface area contributed by atoms with E-state index >= 15 is 8.78 Å². The number of fused-ring (bicyclic) bond motifs is 2. The number of nitrogen functional groups attached to an aromatic ring is 1. The maximum absolute atomic E-state index is 16.2. The van der Waals surface area contributed by atoms with Gasteiger partial charge in [-0.2, -0.15) is 5.10 Å². The van der Waals surface area contributed by atoms with Gasteiger partial charge in [0.2, 0.25) is 11.8 Å². The van der Waals surface area contributed by atoms with Crippen LogP contribution in [-0.2, 0) is 9.59 Å². The number of ether oxygens (including phenoxy) is 1. The van der Waals surface area contributed by atoms with Crippen molar-refractivity contribution in [1.82, 2.24) is 39.8 Å². The lowest BCUT2D eigenvalue weighted by Gasteiger charge is -2.51. The van der Waals surface area contributed by atoms with Gasteiger partial charge < -0.3 is 15.4 Å². The molecule has 3 atom stereocenters. The van der Waals surface area contributed by atoms with E-state index in [0.717, 1.165) is 41.9 Å². The Labute approximate surface area is 336 Å². The zero-order valence-corrected chi connectivity index (χ0v) is 31.8. The molecule has 4 fully saturated rings. The maximum Gasteiger partial charge on any atom is 0.262 e. The molecule has 7 heterocycles. The summed E-state index contributed by atoms with van der Waals surface area (Å²) in [5.41, 5.74) is 8.44. The molecule has 1 unspecified atom stereocenters. The molecule has 5 aromatic rings. The SMILES string of the molecule is Nc1ncnc2c1c(-c1ccc(Oc3ccccc3)cc1)nn2[C@H]1CCN(C2CN(CC3CN(c4cc5c(cc4F)C(=O)N(C4CCC(=O)NC4=O)C5=O)C3)C2)C[C@H]1F. The largest absolute Gasteiger partial charge is 0.457 e. The van der Waals surface area contributed by atoms with Gasteiger partial charge in [0.1, 0.15) is 47.4 Å². The Morgan fingerprint density at radius 1 is 0.864 bits per heavy atom. The van der Waals surface area contributed by atoms with Crippen LogP contribution in [0.25, 0.3) is 22.3 Å². The number of aromatic nitrogens is 4. The molecule has 0 bridgehead atoms. The third-order valence-corrected chi connectivity index (χ3v) is 12.3. The van der Waals surface area contributed by atoms with E-state index < -0.39 is 47.7 Å². The van der Waals surface area contributed by atoms with Crippen LogP contribution in [0.4, 0.5) is 20.3 Å². The number of anilines is 2. The van der Waals surface area contributed by atoms with Gasteiger partial charge >= 0.3 is 0 Å². The number of carbonyl (C=O) groups is 4. The van der Waals surface area contributed by atoms with E-state index in [1.165, 1.54) is 12.4 Å². The molecule has 3 N–H and O–H groups in total. The summed E-state index contributed by atoms with van der Waals surface area (Å²) < 4.78 is 39.1. The lowest BCUT2D eigenvalue weighted by Crippen LogP contribution is -2.64. The number of hydrogen-bond donors (Lipinski definition) is 2. The number of alkyl halides is 1. The van der Waals surface area contributed by atoms with Gasteiger partial charge in [0.05, 0.1) is 28.2 Å². The first-order chi connectivity index (χ1) is 28.6. The van der Waals surface area contributed by atoms with Crippen molar-refractivity contribution in [2.45, 2.75) is 43.6 Å². The number of rotatable bonds is 9. The molecule has 4 saturated heterocycles. The van der Waals surface area contributed by atoms with E-state index in [9.17, 15) is 19.2 Å². The van der Waals surface area contributed by atoms with Crippen molar-refractivity contribution in [1.29, 1.82) is 0 Å². The number of hydrogen-bond acceptors (Lipinski definition) is 12. The number of nitrogens with two attached hydrogens (primary N) is 1. The zero-order valence-electron chi connectivity index (χ0n) is 31.8. The third-order valence-electron chi connectivity index (χ3n) is 12.3. The van der Waals surface area contributed by atoms with Crippen LogP contribution in [0, 0.1) is 11.7 Å². The second kappa shape index (κ2) is 14.5. The van der Waals surface area contributed by atoms with Crippen LogP contribution >= 0.6 is 0 Å². The minimum absolute atomic E-state index is 0.00626. The summed E-state index contributed by atoms with van der Waals surface area (Å²) >= 11 is 0. The fourth-order valence-electron chi connectivity index (χ4n) is 9.15. The number of benzene rings is 3. The zero-order chi connectivity index (χ0) is 40.5. The van der Waals surface area contributed by atoms with Crippen molar-refractivity contribution in [3.8, 4) is 22.8 Å². The summed E-state index contributed by atoms with van der Waals surface area (Å²) in [5, 5.41) is 7.65. The topological polar surface area (TPSA) is 172 Å². The molecule has 10 rings (SSSR count). The van der Waals surface area contributed by atoms with Crippen LogP contribution in [0.3, 0.4) is 0 Å². The Kier molecular flexibility index (Phi) is 9.08. The molecule has 17 heteroatoms. The monoisotopic (exact) mass is 802 g/mol. The van der Waals surface area contributed by atoms with Gasteiger partial charge in [-0.3, -0.25) is 39.2 Å². The molecule has 302 valence electrons. The first-order valence-electron chi connectivity index (χ1n) is 19.8. The van der Waals surface area contributed by atoms with Crippen LogP contribution in [0.1, 0.15) is 46.0 Å². The summed E-state index contributed by atoms with van der Waals surface area (Å²) in [6.45, 7) is 4.53. The number of nitrogens with one attached hydrogen (secondary N) is 1. The molecule has 2 aromatic heterocycles. The molecule has 0 radical (unpaired) electrons. The van der Waals surface area contributed by atoms with Crippen molar-refractivity contribution in [3.05, 3.63) is 90.0 Å². The van der Waals surface area contributed by atoms with Gasteiger partial charge in [-0.1, -0.05) is 18.2 Å². The Morgan fingerprint density at radius 2 is 1.59 bits per heavy atom. The van der Waals surface area contributed by atoms with Crippen LogP contribution < -0.4 is 20.7 Å². The standard InChI is InChI=1S/C42H40F2N10O5/c43-30-14-28-29(42(58)53(41(28)57)33-10-11-35(55)48-40(33)56)15-34(30)52-17-23(18-52)16-50-19-25(20-50)51-13-12-32(31(44)21-51)54-39-36(38(45)46-22-47-39)37(49-54)24-6-8-27(9-7-24)59-26-4-2-1-3-5-26/h1-9,14-15,22-23,25,31-33H,10-13,16-21H2,(H2,45,46,47)(H,48,55,56)/t31-,32+,33?/m1/s1. The minimum Gasteiger partial charge on any atom is -0.457 e. The Morgan fingerprint density at radius 3 is 2.32 bits per heavy atom. The normalized spacial score (nSPS) is 23.1. The van der Waals surface area contributed by atoms with E-state index in [2.05, 4.69) is 25.1 Å². The van der Waals surface area contributed by atoms with Gasteiger partial charge in [-0.15, -0.1) is 0 Å². The number of para-hydroxylation sites is 1. The van der Waals surface area contributed by atoms with Crippen molar-refractivity contribution in [2.75, 3.05) is 56.4 Å². The molecule has 0 saturated carbocycles. The molecule has 59 heavy (non-hydrogen) atoms.